The maximum absolute atomic E-state index is 11.7. The second-order valence-corrected chi connectivity index (χ2v) is 6.96. The van der Waals surface area contributed by atoms with Crippen LogP contribution in [-0.4, -0.2) is 31.4 Å². The van der Waals surface area contributed by atoms with Gasteiger partial charge in [-0.1, -0.05) is 42.0 Å². The summed E-state index contributed by atoms with van der Waals surface area (Å²) in [5.74, 6) is -0.180. The van der Waals surface area contributed by atoms with Gasteiger partial charge in [-0.25, -0.2) is 0 Å². The summed E-state index contributed by atoms with van der Waals surface area (Å²) in [4.78, 5) is 11.7. The fourth-order valence-corrected chi connectivity index (χ4v) is 3.12. The van der Waals surface area contributed by atoms with Crippen molar-refractivity contribution in [3.8, 4) is 0 Å². The Balaban J connectivity index is 2.07. The Labute approximate surface area is 151 Å². The van der Waals surface area contributed by atoms with Crippen LogP contribution in [0.1, 0.15) is 53.4 Å². The van der Waals surface area contributed by atoms with Gasteiger partial charge >= 0.3 is 13.1 Å². The first-order valence-corrected chi connectivity index (χ1v) is 9.12. The fourth-order valence-electron chi connectivity index (χ4n) is 3.12. The molecule has 0 amide bonds. The Morgan fingerprint density at radius 3 is 2.68 bits per heavy atom. The van der Waals surface area contributed by atoms with Gasteiger partial charge in [0.1, 0.15) is 0 Å². The highest BCUT2D eigenvalue weighted by atomic mass is 16.7. The van der Waals surface area contributed by atoms with Gasteiger partial charge in [-0.2, -0.15) is 0 Å². The lowest BCUT2D eigenvalue weighted by molar-refractivity contribution is -0.143. The number of allylic oxidation sites excluding steroid dienone is 2. The Hall–Kier alpha value is -1.59. The largest absolute Gasteiger partial charge is 0.494 e. The Kier molecular flexibility index (Phi) is 7.27. The first kappa shape index (κ1) is 19.7. The lowest BCUT2D eigenvalue weighted by Crippen LogP contribution is -2.38. The molecule has 0 N–H and O–H groups in total. The van der Waals surface area contributed by atoms with Crippen molar-refractivity contribution in [2.45, 2.75) is 65.1 Å². The zero-order valence-corrected chi connectivity index (χ0v) is 15.8. The van der Waals surface area contributed by atoms with Crippen molar-refractivity contribution in [1.82, 2.24) is 0 Å². The van der Waals surface area contributed by atoms with E-state index in [0.717, 1.165) is 18.3 Å². The number of hydrogen-bond donors (Lipinski definition) is 0. The summed E-state index contributed by atoms with van der Waals surface area (Å²) in [5, 5.41) is 0. The summed E-state index contributed by atoms with van der Waals surface area (Å²) in [7, 11) is -0.384. The van der Waals surface area contributed by atoms with E-state index in [1.807, 2.05) is 37.3 Å². The Bertz CT molecular complexity index is 583. The van der Waals surface area contributed by atoms with E-state index in [4.69, 9.17) is 14.0 Å². The lowest BCUT2D eigenvalue weighted by Gasteiger charge is -2.29. The predicted octanol–water partition coefficient (Wildman–Crippen LogP) is 3.65. The van der Waals surface area contributed by atoms with Gasteiger partial charge in [0.25, 0.3) is 0 Å². The zero-order chi connectivity index (χ0) is 18.3. The van der Waals surface area contributed by atoms with E-state index in [0.29, 0.717) is 19.4 Å². The number of ether oxygens (including phenoxy) is 1. The van der Waals surface area contributed by atoms with Crippen LogP contribution >= 0.6 is 0 Å². The molecule has 0 aromatic heterocycles. The van der Waals surface area contributed by atoms with Gasteiger partial charge in [0.05, 0.1) is 18.3 Å². The molecule has 0 saturated carbocycles. The predicted molar refractivity (Wildman–Crippen MR) is 101 cm³/mol. The maximum Gasteiger partial charge on any atom is 0.494 e. The first-order chi connectivity index (χ1) is 11.9. The summed E-state index contributed by atoms with van der Waals surface area (Å²) in [5.41, 5.74) is 1.89. The zero-order valence-electron chi connectivity index (χ0n) is 15.8. The van der Waals surface area contributed by atoms with Gasteiger partial charge in [0.15, 0.2) is 0 Å². The SMILES string of the molecule is CCOC(=O)CC[C@@H]1OB(c2ccccc2)O[C@]1(C)CCC=C(C)C. The fraction of sp³-hybridized carbons (Fsp3) is 0.550. The van der Waals surface area contributed by atoms with Crippen molar-refractivity contribution in [3.05, 3.63) is 42.0 Å². The molecule has 1 heterocycles. The number of rotatable bonds is 8. The van der Waals surface area contributed by atoms with Crippen LogP contribution in [0.3, 0.4) is 0 Å². The van der Waals surface area contributed by atoms with Crippen molar-refractivity contribution in [2.75, 3.05) is 6.61 Å². The monoisotopic (exact) mass is 344 g/mol. The highest BCUT2D eigenvalue weighted by molar-refractivity contribution is 6.62. The molecule has 25 heavy (non-hydrogen) atoms. The van der Waals surface area contributed by atoms with E-state index in [1.165, 1.54) is 5.57 Å². The van der Waals surface area contributed by atoms with Crippen LogP contribution in [0.2, 0.25) is 0 Å². The van der Waals surface area contributed by atoms with Gasteiger partial charge in [0.2, 0.25) is 0 Å². The molecule has 0 radical (unpaired) electrons. The number of carbonyl (C=O) groups excluding carboxylic acids is 1. The van der Waals surface area contributed by atoms with Crippen LogP contribution in [0.25, 0.3) is 0 Å². The quantitative estimate of drug-likeness (QED) is 0.410. The number of esters is 1. The van der Waals surface area contributed by atoms with Crippen molar-refractivity contribution in [2.24, 2.45) is 0 Å². The van der Waals surface area contributed by atoms with E-state index in [9.17, 15) is 4.79 Å². The van der Waals surface area contributed by atoms with Crippen LogP contribution in [0.5, 0.6) is 0 Å². The van der Waals surface area contributed by atoms with Gasteiger partial charge in [-0.05, 0) is 52.4 Å². The molecule has 0 bridgehead atoms. The van der Waals surface area contributed by atoms with Crippen molar-refractivity contribution in [1.29, 1.82) is 0 Å². The molecular weight excluding hydrogens is 315 g/mol. The molecule has 1 aliphatic rings. The minimum atomic E-state index is -0.418. The summed E-state index contributed by atoms with van der Waals surface area (Å²) in [6, 6.07) is 9.96. The second kappa shape index (κ2) is 9.21. The third-order valence-corrected chi connectivity index (χ3v) is 4.53. The van der Waals surface area contributed by atoms with Crippen LogP contribution < -0.4 is 5.46 Å². The summed E-state index contributed by atoms with van der Waals surface area (Å²) in [6.07, 6.45) is 4.82. The molecule has 0 aliphatic carbocycles. The van der Waals surface area contributed by atoms with Crippen molar-refractivity contribution < 1.29 is 18.8 Å². The Morgan fingerprint density at radius 1 is 1.32 bits per heavy atom. The molecule has 1 saturated heterocycles. The minimum Gasteiger partial charge on any atom is -0.466 e. The average molecular weight is 344 g/mol. The number of benzene rings is 1. The lowest BCUT2D eigenvalue weighted by atomic mass is 9.79. The van der Waals surface area contributed by atoms with Gasteiger partial charge in [0, 0.05) is 6.42 Å². The molecule has 0 unspecified atom stereocenters. The molecule has 1 aliphatic heterocycles. The van der Waals surface area contributed by atoms with Gasteiger partial charge < -0.3 is 14.0 Å². The summed E-state index contributed by atoms with van der Waals surface area (Å²) in [6.45, 7) is 8.51. The molecule has 1 fully saturated rings. The Morgan fingerprint density at radius 2 is 2.04 bits per heavy atom. The van der Waals surface area contributed by atoms with Crippen molar-refractivity contribution in [3.63, 3.8) is 0 Å². The van der Waals surface area contributed by atoms with Gasteiger partial charge in [-0.15, -0.1) is 0 Å². The molecule has 136 valence electrons. The molecule has 1 aromatic rings. The van der Waals surface area contributed by atoms with Crippen LogP contribution in [-0.2, 0) is 18.8 Å². The highest BCUT2D eigenvalue weighted by Crippen LogP contribution is 2.35. The topological polar surface area (TPSA) is 44.8 Å². The molecule has 4 nitrogen and oxygen atoms in total. The second-order valence-electron chi connectivity index (χ2n) is 6.96. The smallest absolute Gasteiger partial charge is 0.466 e. The molecule has 2 atom stereocenters. The summed E-state index contributed by atoms with van der Waals surface area (Å²) < 4.78 is 17.6. The third kappa shape index (κ3) is 5.72. The van der Waals surface area contributed by atoms with E-state index in [-0.39, 0.29) is 19.2 Å². The third-order valence-electron chi connectivity index (χ3n) is 4.53. The standard InChI is InChI=1S/C20H29BO4/c1-5-23-19(22)14-13-18-20(4,15-9-10-16(2)3)25-21(24-18)17-11-7-6-8-12-17/h6-8,10-12,18H,5,9,13-15H2,1-4H3/t18-,20+/m0/s1. The van der Waals surface area contributed by atoms with E-state index in [2.05, 4.69) is 26.8 Å². The number of hydrogen-bond acceptors (Lipinski definition) is 4. The number of carbonyl (C=O) groups is 1. The van der Waals surface area contributed by atoms with Crippen LogP contribution in [0.4, 0.5) is 0 Å². The molecule has 2 rings (SSSR count). The van der Waals surface area contributed by atoms with E-state index >= 15 is 0 Å². The maximum atomic E-state index is 11.7. The molecule has 1 aromatic carbocycles. The molecular formula is C20H29BO4. The molecule has 0 spiro atoms. The molecule has 5 heteroatoms. The summed E-state index contributed by atoms with van der Waals surface area (Å²) >= 11 is 0. The minimum absolute atomic E-state index is 0.132. The average Bonchev–Trinajstić information content (AvgIpc) is 2.91. The van der Waals surface area contributed by atoms with Crippen molar-refractivity contribution >= 4 is 18.6 Å². The normalized spacial score (nSPS) is 22.7. The van der Waals surface area contributed by atoms with E-state index in [1.54, 1.807) is 0 Å². The van der Waals surface area contributed by atoms with Crippen LogP contribution in [0, 0.1) is 0 Å². The highest BCUT2D eigenvalue weighted by Gasteiger charge is 2.48. The van der Waals surface area contributed by atoms with E-state index < -0.39 is 5.60 Å². The van der Waals surface area contributed by atoms with Gasteiger partial charge in [-0.3, -0.25) is 4.79 Å². The first-order valence-electron chi connectivity index (χ1n) is 9.12. The van der Waals surface area contributed by atoms with Crippen LogP contribution in [0.15, 0.2) is 42.0 Å².